The van der Waals surface area contributed by atoms with Crippen LogP contribution in [0, 0.1) is 11.3 Å². The van der Waals surface area contributed by atoms with Gasteiger partial charge in [-0.1, -0.05) is 17.9 Å². The Kier molecular flexibility index (Phi) is 7.32. The maximum atomic E-state index is 11.9. The highest BCUT2D eigenvalue weighted by molar-refractivity contribution is 7.16. The van der Waals surface area contributed by atoms with E-state index < -0.39 is 0 Å². The quantitative estimate of drug-likeness (QED) is 0.637. The van der Waals surface area contributed by atoms with Gasteiger partial charge in [0.15, 0.2) is 5.13 Å². The zero-order valence-electron chi connectivity index (χ0n) is 17.8. The molecule has 0 aliphatic carbocycles. The number of pyridine rings is 1. The number of nitrogens with one attached hydrogen (secondary N) is 1. The number of hydrogen-bond donors (Lipinski definition) is 1. The molecule has 0 saturated carbocycles. The van der Waals surface area contributed by atoms with E-state index in [4.69, 9.17) is 19.7 Å². The molecule has 0 radical (unpaired) electrons. The first-order valence-corrected chi connectivity index (χ1v) is 11.5. The molecule has 2 aromatic rings. The van der Waals surface area contributed by atoms with E-state index in [2.05, 4.69) is 27.8 Å². The molecule has 4 rings (SSSR count). The SMILES string of the molecule is C=CC(=O)N1CCCC(OCc2cc(N3CCOCC3)cc(Nc3ncc(C#N)s3)n2)C1. The largest absolute Gasteiger partial charge is 0.378 e. The van der Waals surface area contributed by atoms with Gasteiger partial charge in [-0.2, -0.15) is 5.26 Å². The van der Waals surface area contributed by atoms with Gasteiger partial charge in [0.05, 0.1) is 37.8 Å². The van der Waals surface area contributed by atoms with Gasteiger partial charge < -0.3 is 24.6 Å². The van der Waals surface area contributed by atoms with Gasteiger partial charge in [-0.05, 0) is 25.0 Å². The van der Waals surface area contributed by atoms with Crippen LogP contribution in [0.5, 0.6) is 0 Å². The lowest BCUT2D eigenvalue weighted by atomic mass is 10.1. The highest BCUT2D eigenvalue weighted by atomic mass is 32.1. The monoisotopic (exact) mass is 454 g/mol. The summed E-state index contributed by atoms with van der Waals surface area (Å²) in [5.74, 6) is 0.593. The predicted molar refractivity (Wildman–Crippen MR) is 122 cm³/mol. The van der Waals surface area contributed by atoms with Crippen LogP contribution in [-0.4, -0.2) is 66.3 Å². The second kappa shape index (κ2) is 10.5. The maximum Gasteiger partial charge on any atom is 0.246 e. The lowest BCUT2D eigenvalue weighted by Crippen LogP contribution is -2.42. The summed E-state index contributed by atoms with van der Waals surface area (Å²) in [7, 11) is 0. The molecule has 0 spiro atoms. The molecule has 32 heavy (non-hydrogen) atoms. The number of likely N-dealkylation sites (tertiary alicyclic amines) is 1. The molecule has 0 aromatic carbocycles. The number of ether oxygens (including phenoxy) is 2. The highest BCUT2D eigenvalue weighted by Crippen LogP contribution is 2.26. The van der Waals surface area contributed by atoms with Crippen LogP contribution in [0.25, 0.3) is 0 Å². The standard InChI is InChI=1S/C22H26N6O3S/c1-2-21(29)28-5-3-4-18(14-28)31-15-16-10-17(27-6-8-30-9-7-27)11-20(25-16)26-22-24-13-19(12-23)32-22/h2,10-11,13,18H,1,3-9,14-15H2,(H,24,25,26). The van der Waals surface area contributed by atoms with Crippen molar-refractivity contribution in [3.63, 3.8) is 0 Å². The van der Waals surface area contributed by atoms with E-state index in [9.17, 15) is 4.79 Å². The predicted octanol–water partition coefficient (Wildman–Crippen LogP) is 2.68. The maximum absolute atomic E-state index is 11.9. The number of morpholine rings is 1. The number of rotatable bonds is 7. The van der Waals surface area contributed by atoms with Crippen molar-refractivity contribution in [3.8, 4) is 6.07 Å². The minimum absolute atomic E-state index is 0.0324. The number of nitriles is 1. The first kappa shape index (κ1) is 22.2. The smallest absolute Gasteiger partial charge is 0.246 e. The molecule has 9 nitrogen and oxygen atoms in total. The summed E-state index contributed by atoms with van der Waals surface area (Å²) in [6.45, 7) is 8.20. The molecular weight excluding hydrogens is 428 g/mol. The molecule has 2 aliphatic heterocycles. The molecule has 4 heterocycles. The minimum Gasteiger partial charge on any atom is -0.378 e. The topological polar surface area (TPSA) is 104 Å². The van der Waals surface area contributed by atoms with Gasteiger partial charge in [0.2, 0.25) is 5.91 Å². The molecule has 1 amide bonds. The van der Waals surface area contributed by atoms with Gasteiger partial charge in [-0.3, -0.25) is 4.79 Å². The number of anilines is 3. The Labute approximate surface area is 191 Å². The second-order valence-corrected chi connectivity index (χ2v) is 8.66. The van der Waals surface area contributed by atoms with Crippen LogP contribution in [-0.2, 0) is 20.9 Å². The Morgan fingerprint density at radius 3 is 3.00 bits per heavy atom. The first-order valence-electron chi connectivity index (χ1n) is 10.6. The summed E-state index contributed by atoms with van der Waals surface area (Å²) in [6, 6.07) is 6.12. The number of amides is 1. The van der Waals surface area contributed by atoms with Gasteiger partial charge in [0, 0.05) is 37.9 Å². The van der Waals surface area contributed by atoms with Crippen molar-refractivity contribution in [2.45, 2.75) is 25.6 Å². The van der Waals surface area contributed by atoms with Crippen molar-refractivity contribution >= 4 is 33.9 Å². The number of aromatic nitrogens is 2. The molecule has 168 valence electrons. The lowest BCUT2D eigenvalue weighted by molar-refractivity contribution is -0.130. The molecule has 1 unspecified atom stereocenters. The summed E-state index contributed by atoms with van der Waals surface area (Å²) in [6.07, 6.45) is 4.68. The number of nitrogens with zero attached hydrogens (tertiary/aromatic N) is 5. The lowest BCUT2D eigenvalue weighted by Gasteiger charge is -2.32. The van der Waals surface area contributed by atoms with E-state index in [0.717, 1.165) is 43.9 Å². The summed E-state index contributed by atoms with van der Waals surface area (Å²) in [5, 5.41) is 12.9. The summed E-state index contributed by atoms with van der Waals surface area (Å²) < 4.78 is 11.6. The van der Waals surface area contributed by atoms with E-state index in [-0.39, 0.29) is 12.0 Å². The Morgan fingerprint density at radius 2 is 2.25 bits per heavy atom. The van der Waals surface area contributed by atoms with Gasteiger partial charge >= 0.3 is 0 Å². The van der Waals surface area contributed by atoms with Crippen molar-refractivity contribution in [2.24, 2.45) is 0 Å². The molecule has 0 bridgehead atoms. The van der Waals surface area contributed by atoms with E-state index in [0.29, 0.717) is 42.2 Å². The van der Waals surface area contributed by atoms with Crippen LogP contribution in [0.4, 0.5) is 16.6 Å². The normalized spacial score (nSPS) is 18.8. The van der Waals surface area contributed by atoms with Crippen molar-refractivity contribution in [1.29, 1.82) is 5.26 Å². The molecule has 10 heteroatoms. The van der Waals surface area contributed by atoms with Crippen LogP contribution in [0.1, 0.15) is 23.4 Å². The number of hydrogen-bond acceptors (Lipinski definition) is 9. The number of carbonyl (C=O) groups is 1. The van der Waals surface area contributed by atoms with Gasteiger partial charge in [-0.15, -0.1) is 0 Å². The third-order valence-electron chi connectivity index (χ3n) is 5.42. The van der Waals surface area contributed by atoms with Crippen LogP contribution in [0.3, 0.4) is 0 Å². The van der Waals surface area contributed by atoms with E-state index >= 15 is 0 Å². The van der Waals surface area contributed by atoms with E-state index in [1.54, 1.807) is 11.1 Å². The second-order valence-electron chi connectivity index (χ2n) is 7.63. The van der Waals surface area contributed by atoms with Crippen molar-refractivity contribution in [3.05, 3.63) is 41.6 Å². The van der Waals surface area contributed by atoms with Gasteiger partial charge in [-0.25, -0.2) is 9.97 Å². The number of thiazole rings is 1. The van der Waals surface area contributed by atoms with Crippen LogP contribution in [0.2, 0.25) is 0 Å². The van der Waals surface area contributed by atoms with Crippen molar-refractivity contribution < 1.29 is 14.3 Å². The van der Waals surface area contributed by atoms with Crippen LogP contribution in [0.15, 0.2) is 31.0 Å². The first-order chi connectivity index (χ1) is 15.6. The third kappa shape index (κ3) is 5.62. The summed E-state index contributed by atoms with van der Waals surface area (Å²) in [4.78, 5) is 25.5. The fourth-order valence-electron chi connectivity index (χ4n) is 3.81. The Morgan fingerprint density at radius 1 is 1.41 bits per heavy atom. The fourth-order valence-corrected chi connectivity index (χ4v) is 4.43. The Balaban J connectivity index is 1.48. The molecule has 1 N–H and O–H groups in total. The number of piperidine rings is 1. The zero-order valence-corrected chi connectivity index (χ0v) is 18.6. The van der Waals surface area contributed by atoms with Crippen LogP contribution >= 0.6 is 11.3 Å². The average Bonchev–Trinajstić information content (AvgIpc) is 3.30. The molecular formula is C22H26N6O3S. The van der Waals surface area contributed by atoms with E-state index in [1.165, 1.54) is 17.4 Å². The summed E-state index contributed by atoms with van der Waals surface area (Å²) >= 11 is 1.28. The van der Waals surface area contributed by atoms with Crippen molar-refractivity contribution in [1.82, 2.24) is 14.9 Å². The molecule has 1 atom stereocenters. The van der Waals surface area contributed by atoms with Crippen LogP contribution < -0.4 is 10.2 Å². The summed E-state index contributed by atoms with van der Waals surface area (Å²) in [5.41, 5.74) is 1.83. The van der Waals surface area contributed by atoms with Gasteiger partial charge in [0.25, 0.3) is 0 Å². The molecule has 2 aliphatic rings. The Hall–Kier alpha value is -3.00. The fraction of sp³-hybridized carbons (Fsp3) is 0.455. The average molecular weight is 455 g/mol. The zero-order chi connectivity index (χ0) is 22.3. The van der Waals surface area contributed by atoms with Crippen molar-refractivity contribution in [2.75, 3.05) is 49.6 Å². The van der Waals surface area contributed by atoms with Gasteiger partial charge in [0.1, 0.15) is 16.8 Å². The molecule has 2 saturated heterocycles. The molecule has 2 fully saturated rings. The molecule has 2 aromatic heterocycles. The van der Waals surface area contributed by atoms with E-state index in [1.807, 2.05) is 12.1 Å². The highest BCUT2D eigenvalue weighted by Gasteiger charge is 2.23. The Bertz CT molecular complexity index is 998. The third-order valence-corrected chi connectivity index (χ3v) is 6.24. The minimum atomic E-state index is -0.0580. The number of carbonyl (C=O) groups excluding carboxylic acids is 1.